The van der Waals surface area contributed by atoms with Gasteiger partial charge in [-0.05, 0) is 80.5 Å². The van der Waals surface area contributed by atoms with Crippen LogP contribution in [0.4, 0.5) is 11.4 Å². The summed E-state index contributed by atoms with van der Waals surface area (Å²) in [6.45, 7) is 11.2. The van der Waals surface area contributed by atoms with Gasteiger partial charge in [-0.25, -0.2) is 0 Å². The van der Waals surface area contributed by atoms with Gasteiger partial charge < -0.3 is 5.32 Å². The predicted octanol–water partition coefficient (Wildman–Crippen LogP) is 6.01. The first-order valence-corrected chi connectivity index (χ1v) is 7.97. The number of hydrogen-bond donors (Lipinski definition) is 1. The molecule has 0 saturated heterocycles. The monoisotopic (exact) mass is 281 g/mol. The van der Waals surface area contributed by atoms with Crippen molar-refractivity contribution >= 4 is 11.4 Å². The second-order valence-electron chi connectivity index (χ2n) is 5.95. The third-order valence-corrected chi connectivity index (χ3v) is 4.64. The van der Waals surface area contributed by atoms with E-state index in [2.05, 4.69) is 70.3 Å². The smallest absolute Gasteiger partial charge is 0.0452 e. The molecule has 0 aliphatic rings. The van der Waals surface area contributed by atoms with E-state index in [4.69, 9.17) is 0 Å². The van der Waals surface area contributed by atoms with Crippen LogP contribution in [0.1, 0.15) is 47.6 Å². The van der Waals surface area contributed by atoms with E-state index >= 15 is 0 Å². The lowest BCUT2D eigenvalue weighted by molar-refractivity contribution is 0.790. The largest absolute Gasteiger partial charge is 0.355 e. The Hall–Kier alpha value is -1.76. The number of rotatable bonds is 5. The van der Waals surface area contributed by atoms with Crippen LogP contribution < -0.4 is 5.32 Å². The molecule has 1 nitrogen and oxygen atoms in total. The highest BCUT2D eigenvalue weighted by molar-refractivity contribution is 5.71. The average Bonchev–Trinajstić information content (AvgIpc) is 2.51. The lowest BCUT2D eigenvalue weighted by Crippen LogP contribution is -2.06. The van der Waals surface area contributed by atoms with Crippen molar-refractivity contribution in [3.63, 3.8) is 0 Å². The molecule has 0 heterocycles. The van der Waals surface area contributed by atoms with Crippen molar-refractivity contribution in [1.29, 1.82) is 0 Å². The van der Waals surface area contributed by atoms with E-state index in [1.807, 2.05) is 0 Å². The Balaban J connectivity index is 2.51. The summed E-state index contributed by atoms with van der Waals surface area (Å²) in [5.41, 5.74) is 9.65. The normalized spacial score (nSPS) is 10.7. The summed E-state index contributed by atoms with van der Waals surface area (Å²) in [5.74, 6) is 0. The molecule has 0 saturated carbocycles. The number of benzene rings is 2. The van der Waals surface area contributed by atoms with Crippen LogP contribution in [0.5, 0.6) is 0 Å². The van der Waals surface area contributed by atoms with Gasteiger partial charge in [0.15, 0.2) is 0 Å². The molecule has 0 atom stereocenters. The molecule has 0 bridgehead atoms. The van der Waals surface area contributed by atoms with Gasteiger partial charge in [-0.3, -0.25) is 0 Å². The van der Waals surface area contributed by atoms with Crippen LogP contribution in [0.25, 0.3) is 0 Å². The summed E-state index contributed by atoms with van der Waals surface area (Å²) in [6.07, 6.45) is 3.63. The van der Waals surface area contributed by atoms with Crippen LogP contribution in [0, 0.1) is 27.7 Å². The van der Waals surface area contributed by atoms with Gasteiger partial charge in [-0.15, -0.1) is 0 Å². The molecule has 0 spiro atoms. The molecular formula is C20H27N. The van der Waals surface area contributed by atoms with Crippen LogP contribution in [0.2, 0.25) is 0 Å². The van der Waals surface area contributed by atoms with E-state index in [9.17, 15) is 0 Å². The number of nitrogens with one attached hydrogen (secondary N) is 1. The zero-order valence-electron chi connectivity index (χ0n) is 14.0. The molecule has 2 aromatic rings. The second kappa shape index (κ2) is 6.80. The topological polar surface area (TPSA) is 12.0 Å². The fourth-order valence-electron chi connectivity index (χ4n) is 2.89. The second-order valence-corrected chi connectivity index (χ2v) is 5.95. The number of para-hydroxylation sites is 1. The molecule has 2 rings (SSSR count). The van der Waals surface area contributed by atoms with Crippen molar-refractivity contribution in [1.82, 2.24) is 0 Å². The maximum atomic E-state index is 3.66. The first-order valence-electron chi connectivity index (χ1n) is 7.97. The molecule has 0 fully saturated rings. The van der Waals surface area contributed by atoms with Gasteiger partial charge in [0.2, 0.25) is 0 Å². The molecule has 1 N–H and O–H groups in total. The molecule has 1 heteroatoms. The Morgan fingerprint density at radius 3 is 2.05 bits per heavy atom. The fraction of sp³-hybridized carbons (Fsp3) is 0.400. The molecule has 2 aromatic carbocycles. The Kier molecular flexibility index (Phi) is 5.06. The van der Waals surface area contributed by atoms with Gasteiger partial charge >= 0.3 is 0 Å². The van der Waals surface area contributed by atoms with Gasteiger partial charge in [0, 0.05) is 11.4 Å². The Morgan fingerprint density at radius 1 is 0.810 bits per heavy atom. The van der Waals surface area contributed by atoms with Crippen molar-refractivity contribution in [2.24, 2.45) is 0 Å². The van der Waals surface area contributed by atoms with Gasteiger partial charge in [0.1, 0.15) is 0 Å². The average molecular weight is 281 g/mol. The van der Waals surface area contributed by atoms with Crippen molar-refractivity contribution in [2.75, 3.05) is 5.32 Å². The molecule has 21 heavy (non-hydrogen) atoms. The van der Waals surface area contributed by atoms with E-state index in [-0.39, 0.29) is 0 Å². The van der Waals surface area contributed by atoms with Crippen LogP contribution in [-0.2, 0) is 6.42 Å². The number of hydrogen-bond acceptors (Lipinski definition) is 1. The SMILES string of the molecule is CCCCc1c(C)c(C)c(C)c(C)c1Nc1ccccc1. The van der Waals surface area contributed by atoms with Gasteiger partial charge in [-0.2, -0.15) is 0 Å². The Labute approximate surface area is 129 Å². The Morgan fingerprint density at radius 2 is 1.43 bits per heavy atom. The lowest BCUT2D eigenvalue weighted by Gasteiger charge is -2.22. The zero-order valence-corrected chi connectivity index (χ0v) is 14.0. The molecular weight excluding hydrogens is 254 g/mol. The van der Waals surface area contributed by atoms with Crippen molar-refractivity contribution in [2.45, 2.75) is 53.9 Å². The molecule has 112 valence electrons. The highest BCUT2D eigenvalue weighted by Gasteiger charge is 2.14. The van der Waals surface area contributed by atoms with Crippen LogP contribution >= 0.6 is 0 Å². The molecule has 0 radical (unpaired) electrons. The summed E-state index contributed by atoms with van der Waals surface area (Å²) in [6, 6.07) is 10.5. The van der Waals surface area contributed by atoms with Crippen LogP contribution in [0.3, 0.4) is 0 Å². The van der Waals surface area contributed by atoms with Crippen molar-refractivity contribution in [3.8, 4) is 0 Å². The molecule has 0 aliphatic heterocycles. The third-order valence-electron chi connectivity index (χ3n) is 4.64. The predicted molar refractivity (Wildman–Crippen MR) is 93.7 cm³/mol. The summed E-state index contributed by atoms with van der Waals surface area (Å²) < 4.78 is 0. The highest BCUT2D eigenvalue weighted by Crippen LogP contribution is 2.34. The van der Waals surface area contributed by atoms with E-state index in [1.165, 1.54) is 52.0 Å². The fourth-order valence-corrected chi connectivity index (χ4v) is 2.89. The quantitative estimate of drug-likeness (QED) is 0.708. The van der Waals surface area contributed by atoms with Crippen molar-refractivity contribution in [3.05, 3.63) is 58.1 Å². The maximum absolute atomic E-state index is 3.66. The number of unbranched alkanes of at least 4 members (excludes halogenated alkanes) is 1. The van der Waals surface area contributed by atoms with E-state index in [1.54, 1.807) is 0 Å². The third kappa shape index (κ3) is 3.29. The number of anilines is 2. The van der Waals surface area contributed by atoms with E-state index in [0.29, 0.717) is 0 Å². The Bertz CT molecular complexity index is 612. The van der Waals surface area contributed by atoms with E-state index < -0.39 is 0 Å². The minimum Gasteiger partial charge on any atom is -0.355 e. The minimum absolute atomic E-state index is 1.15. The first-order chi connectivity index (χ1) is 10.1. The van der Waals surface area contributed by atoms with Crippen LogP contribution in [-0.4, -0.2) is 0 Å². The maximum Gasteiger partial charge on any atom is 0.0452 e. The first kappa shape index (κ1) is 15.6. The standard InChI is InChI=1S/C20H27N/c1-6-7-13-19-16(4)14(2)15(3)17(5)20(19)21-18-11-9-8-10-12-18/h8-12,21H,6-7,13H2,1-5H3. The van der Waals surface area contributed by atoms with Gasteiger partial charge in [0.05, 0.1) is 0 Å². The molecule has 0 aromatic heterocycles. The molecule has 0 aliphatic carbocycles. The summed E-state index contributed by atoms with van der Waals surface area (Å²) in [4.78, 5) is 0. The minimum atomic E-state index is 1.15. The van der Waals surface area contributed by atoms with Crippen molar-refractivity contribution < 1.29 is 0 Å². The van der Waals surface area contributed by atoms with E-state index in [0.717, 1.165) is 6.42 Å². The summed E-state index contributed by atoms with van der Waals surface area (Å²) >= 11 is 0. The zero-order chi connectivity index (χ0) is 15.4. The van der Waals surface area contributed by atoms with Gasteiger partial charge in [-0.1, -0.05) is 31.5 Å². The molecule has 0 unspecified atom stereocenters. The summed E-state index contributed by atoms with van der Waals surface area (Å²) in [5, 5.41) is 3.66. The molecule has 0 amide bonds. The lowest BCUT2D eigenvalue weighted by atomic mass is 9.89. The van der Waals surface area contributed by atoms with Gasteiger partial charge in [0.25, 0.3) is 0 Å². The van der Waals surface area contributed by atoms with Crippen LogP contribution in [0.15, 0.2) is 30.3 Å². The summed E-state index contributed by atoms with van der Waals surface area (Å²) in [7, 11) is 0. The highest BCUT2D eigenvalue weighted by atomic mass is 14.9.